The Balaban J connectivity index is 2.13. The molecular formula is C14H15NO4. The number of carbonyl (C=O) groups excluding carboxylic acids is 1. The molecule has 2 aromatic rings. The summed E-state index contributed by atoms with van der Waals surface area (Å²) < 4.78 is 15.6. The summed E-state index contributed by atoms with van der Waals surface area (Å²) in [5.74, 6) is 0.659. The van der Waals surface area contributed by atoms with Gasteiger partial charge < -0.3 is 19.6 Å². The van der Waals surface area contributed by atoms with Crippen LogP contribution in [0.4, 0.5) is 5.69 Å². The van der Waals surface area contributed by atoms with Gasteiger partial charge >= 0.3 is 5.97 Å². The zero-order chi connectivity index (χ0) is 13.7. The molecule has 100 valence electrons. The van der Waals surface area contributed by atoms with E-state index in [1.165, 1.54) is 0 Å². The van der Waals surface area contributed by atoms with Gasteiger partial charge in [0.05, 0.1) is 24.1 Å². The van der Waals surface area contributed by atoms with Crippen molar-refractivity contribution in [3.05, 3.63) is 47.9 Å². The normalized spacial score (nSPS) is 10.2. The average molecular weight is 261 g/mol. The highest BCUT2D eigenvalue weighted by molar-refractivity contribution is 5.96. The Morgan fingerprint density at radius 1 is 1.32 bits per heavy atom. The van der Waals surface area contributed by atoms with Gasteiger partial charge in [-0.15, -0.1) is 0 Å². The number of rotatable bonds is 5. The number of esters is 1. The van der Waals surface area contributed by atoms with Gasteiger partial charge in [-0.1, -0.05) is 6.07 Å². The molecule has 0 aliphatic carbocycles. The van der Waals surface area contributed by atoms with Gasteiger partial charge in [-0.05, 0) is 31.2 Å². The van der Waals surface area contributed by atoms with E-state index >= 15 is 0 Å². The Hall–Kier alpha value is -2.43. The van der Waals surface area contributed by atoms with Gasteiger partial charge in [0.25, 0.3) is 0 Å². The van der Waals surface area contributed by atoms with Crippen molar-refractivity contribution in [3.63, 3.8) is 0 Å². The van der Waals surface area contributed by atoms with Crippen LogP contribution in [0.15, 0.2) is 41.0 Å². The molecule has 0 radical (unpaired) electrons. The standard InChI is InChI=1S/C14H15NO4/c1-2-17-14(16)11-6-3-7-12(13(11)15)19-9-10-5-4-8-18-10/h3-8H,2,9,15H2,1H3. The average Bonchev–Trinajstić information content (AvgIpc) is 2.91. The van der Waals surface area contributed by atoms with Crippen LogP contribution in [0.3, 0.4) is 0 Å². The molecule has 0 amide bonds. The molecule has 1 aromatic carbocycles. The zero-order valence-electron chi connectivity index (χ0n) is 10.6. The van der Waals surface area contributed by atoms with Crippen molar-refractivity contribution in [2.45, 2.75) is 13.5 Å². The monoisotopic (exact) mass is 261 g/mol. The van der Waals surface area contributed by atoms with Crippen LogP contribution in [0.1, 0.15) is 23.0 Å². The van der Waals surface area contributed by atoms with Gasteiger partial charge in [0.2, 0.25) is 0 Å². The second kappa shape index (κ2) is 5.95. The number of nitrogen functional groups attached to an aromatic ring is 1. The zero-order valence-corrected chi connectivity index (χ0v) is 10.6. The molecule has 0 spiro atoms. The van der Waals surface area contributed by atoms with E-state index < -0.39 is 5.97 Å². The van der Waals surface area contributed by atoms with Gasteiger partial charge in [-0.3, -0.25) is 0 Å². The second-order valence-electron chi connectivity index (χ2n) is 3.81. The highest BCUT2D eigenvalue weighted by Crippen LogP contribution is 2.26. The van der Waals surface area contributed by atoms with Crippen molar-refractivity contribution in [2.75, 3.05) is 12.3 Å². The number of nitrogens with two attached hydrogens (primary N) is 1. The summed E-state index contributed by atoms with van der Waals surface area (Å²) >= 11 is 0. The van der Waals surface area contributed by atoms with Gasteiger partial charge in [-0.2, -0.15) is 0 Å². The molecule has 0 aliphatic heterocycles. The first kappa shape index (κ1) is 13.0. The molecule has 0 unspecified atom stereocenters. The Kier molecular flexibility index (Phi) is 4.07. The molecule has 0 saturated heterocycles. The van der Waals surface area contributed by atoms with Crippen LogP contribution < -0.4 is 10.5 Å². The first-order chi connectivity index (χ1) is 9.22. The molecule has 5 heteroatoms. The molecule has 1 aromatic heterocycles. The predicted molar refractivity (Wildman–Crippen MR) is 69.9 cm³/mol. The maximum absolute atomic E-state index is 11.7. The van der Waals surface area contributed by atoms with Crippen molar-refractivity contribution < 1.29 is 18.7 Å². The van der Waals surface area contributed by atoms with E-state index in [-0.39, 0.29) is 12.3 Å². The molecule has 19 heavy (non-hydrogen) atoms. The van der Waals surface area contributed by atoms with Crippen LogP contribution >= 0.6 is 0 Å². The highest BCUT2D eigenvalue weighted by Gasteiger charge is 2.14. The molecule has 0 bridgehead atoms. The lowest BCUT2D eigenvalue weighted by Gasteiger charge is -2.10. The number of furan rings is 1. The SMILES string of the molecule is CCOC(=O)c1cccc(OCc2ccco2)c1N. The van der Waals surface area contributed by atoms with E-state index in [0.717, 1.165) is 0 Å². The minimum Gasteiger partial charge on any atom is -0.483 e. The van der Waals surface area contributed by atoms with Crippen molar-refractivity contribution in [1.82, 2.24) is 0 Å². The summed E-state index contributed by atoms with van der Waals surface area (Å²) in [6.45, 7) is 2.30. The third-order valence-electron chi connectivity index (χ3n) is 2.51. The number of hydrogen-bond acceptors (Lipinski definition) is 5. The first-order valence-electron chi connectivity index (χ1n) is 5.93. The summed E-state index contributed by atoms with van der Waals surface area (Å²) in [6.07, 6.45) is 1.57. The summed E-state index contributed by atoms with van der Waals surface area (Å²) in [6, 6.07) is 8.57. The van der Waals surface area contributed by atoms with E-state index in [4.69, 9.17) is 19.6 Å². The molecule has 2 N–H and O–H groups in total. The Morgan fingerprint density at radius 2 is 2.16 bits per heavy atom. The number of anilines is 1. The number of para-hydroxylation sites is 1. The van der Waals surface area contributed by atoms with Gasteiger partial charge in [0, 0.05) is 0 Å². The van der Waals surface area contributed by atoms with Crippen LogP contribution in [0, 0.1) is 0 Å². The van der Waals surface area contributed by atoms with Crippen LogP contribution in [0.25, 0.3) is 0 Å². The third kappa shape index (κ3) is 3.07. The van der Waals surface area contributed by atoms with Gasteiger partial charge in [-0.25, -0.2) is 4.79 Å². The lowest BCUT2D eigenvalue weighted by atomic mass is 10.1. The molecular weight excluding hydrogens is 246 g/mol. The fraction of sp³-hybridized carbons (Fsp3) is 0.214. The predicted octanol–water partition coefficient (Wildman–Crippen LogP) is 2.62. The molecule has 1 heterocycles. The minimum atomic E-state index is -0.455. The number of benzene rings is 1. The van der Waals surface area contributed by atoms with Crippen LogP contribution in [-0.4, -0.2) is 12.6 Å². The smallest absolute Gasteiger partial charge is 0.340 e. The summed E-state index contributed by atoms with van der Waals surface area (Å²) in [7, 11) is 0. The van der Waals surface area contributed by atoms with Gasteiger partial charge in [0.1, 0.15) is 18.1 Å². The maximum Gasteiger partial charge on any atom is 0.340 e. The van der Waals surface area contributed by atoms with Crippen molar-refractivity contribution in [2.24, 2.45) is 0 Å². The molecule has 0 saturated carbocycles. The van der Waals surface area contributed by atoms with E-state index in [9.17, 15) is 4.79 Å². The maximum atomic E-state index is 11.7. The fourth-order valence-corrected chi connectivity index (χ4v) is 1.60. The third-order valence-corrected chi connectivity index (χ3v) is 2.51. The Bertz CT molecular complexity index is 549. The van der Waals surface area contributed by atoms with E-state index in [1.807, 2.05) is 0 Å². The lowest BCUT2D eigenvalue weighted by molar-refractivity contribution is 0.0527. The van der Waals surface area contributed by atoms with Crippen molar-refractivity contribution >= 4 is 11.7 Å². The topological polar surface area (TPSA) is 74.7 Å². The minimum absolute atomic E-state index is 0.253. The quantitative estimate of drug-likeness (QED) is 0.661. The van der Waals surface area contributed by atoms with Crippen LogP contribution in [0.2, 0.25) is 0 Å². The number of carbonyl (C=O) groups is 1. The molecule has 0 aliphatic rings. The number of hydrogen-bond donors (Lipinski definition) is 1. The Morgan fingerprint density at radius 3 is 2.84 bits per heavy atom. The molecule has 2 rings (SSSR count). The molecule has 0 fully saturated rings. The van der Waals surface area contributed by atoms with Gasteiger partial charge in [0.15, 0.2) is 0 Å². The van der Waals surface area contributed by atoms with E-state index in [0.29, 0.717) is 23.7 Å². The summed E-state index contributed by atoms with van der Waals surface area (Å²) in [5, 5.41) is 0. The van der Waals surface area contributed by atoms with Crippen LogP contribution in [0.5, 0.6) is 5.75 Å². The Labute approximate surface area is 110 Å². The molecule has 0 atom stereocenters. The second-order valence-corrected chi connectivity index (χ2v) is 3.81. The molecule has 5 nitrogen and oxygen atoms in total. The number of ether oxygens (including phenoxy) is 2. The van der Waals surface area contributed by atoms with E-state index in [2.05, 4.69) is 0 Å². The first-order valence-corrected chi connectivity index (χ1v) is 5.93. The van der Waals surface area contributed by atoms with Crippen molar-refractivity contribution in [3.8, 4) is 5.75 Å². The van der Waals surface area contributed by atoms with E-state index in [1.54, 1.807) is 43.5 Å². The van der Waals surface area contributed by atoms with Crippen LogP contribution in [-0.2, 0) is 11.3 Å². The summed E-state index contributed by atoms with van der Waals surface area (Å²) in [5.41, 5.74) is 6.47. The fourth-order valence-electron chi connectivity index (χ4n) is 1.60. The summed E-state index contributed by atoms with van der Waals surface area (Å²) in [4.78, 5) is 11.7. The highest BCUT2D eigenvalue weighted by atomic mass is 16.5. The van der Waals surface area contributed by atoms with Crippen molar-refractivity contribution in [1.29, 1.82) is 0 Å². The lowest BCUT2D eigenvalue weighted by Crippen LogP contribution is -2.09. The largest absolute Gasteiger partial charge is 0.483 e.